The summed E-state index contributed by atoms with van der Waals surface area (Å²) < 4.78 is 10.7. The molecule has 108 valence electrons. The van der Waals surface area contributed by atoms with E-state index in [0.717, 1.165) is 12.1 Å². The lowest BCUT2D eigenvalue weighted by atomic mass is 10.2. The molecule has 5 heteroatoms. The maximum atomic E-state index is 6.13. The summed E-state index contributed by atoms with van der Waals surface area (Å²) in [7, 11) is 1.65. The number of ether oxygens (including phenoxy) is 2. The molecule has 1 rings (SSSR count). The Kier molecular flexibility index (Phi) is 7.13. The van der Waals surface area contributed by atoms with Crippen LogP contribution in [0.4, 0.5) is 0 Å². The minimum absolute atomic E-state index is 0.0323. The van der Waals surface area contributed by atoms with Crippen molar-refractivity contribution in [3.8, 4) is 5.88 Å². The highest BCUT2D eigenvalue weighted by atomic mass is 35.5. The summed E-state index contributed by atoms with van der Waals surface area (Å²) >= 11 is 6.13. The second kappa shape index (κ2) is 8.35. The van der Waals surface area contributed by atoms with Gasteiger partial charge in [0.25, 0.3) is 0 Å². The Balaban J connectivity index is 2.60. The average Bonchev–Trinajstić information content (AvgIpc) is 2.33. The van der Waals surface area contributed by atoms with Crippen molar-refractivity contribution in [2.45, 2.75) is 33.4 Å². The molecule has 0 amide bonds. The van der Waals surface area contributed by atoms with Crippen LogP contribution in [0.5, 0.6) is 5.88 Å². The minimum Gasteiger partial charge on any atom is -0.472 e. The van der Waals surface area contributed by atoms with Crippen LogP contribution < -0.4 is 10.1 Å². The first-order chi connectivity index (χ1) is 9.02. The van der Waals surface area contributed by atoms with Crippen LogP contribution in [0.2, 0.25) is 5.02 Å². The zero-order chi connectivity index (χ0) is 14.3. The summed E-state index contributed by atoms with van der Waals surface area (Å²) in [5, 5.41) is 4.01. The number of hydrogen-bond acceptors (Lipinski definition) is 4. The van der Waals surface area contributed by atoms with Crippen LogP contribution in [0.1, 0.15) is 26.3 Å². The van der Waals surface area contributed by atoms with Crippen LogP contribution >= 0.6 is 11.6 Å². The maximum Gasteiger partial charge on any atom is 0.213 e. The van der Waals surface area contributed by atoms with Gasteiger partial charge in [-0.1, -0.05) is 25.4 Å². The van der Waals surface area contributed by atoms with Crippen molar-refractivity contribution in [1.29, 1.82) is 0 Å². The Hall–Kier alpha value is -0.840. The maximum absolute atomic E-state index is 6.13. The smallest absolute Gasteiger partial charge is 0.213 e. The van der Waals surface area contributed by atoms with E-state index >= 15 is 0 Å². The summed E-state index contributed by atoms with van der Waals surface area (Å²) in [6.45, 7) is 8.48. The SMILES string of the molecule is COCC(C)Oc1cc(CNCC(C)C)c(Cl)cn1. The molecule has 0 aromatic carbocycles. The van der Waals surface area contributed by atoms with Gasteiger partial charge in [-0.15, -0.1) is 0 Å². The first-order valence-electron chi connectivity index (χ1n) is 6.53. The summed E-state index contributed by atoms with van der Waals surface area (Å²) in [6, 6.07) is 1.88. The van der Waals surface area contributed by atoms with E-state index < -0.39 is 0 Å². The van der Waals surface area contributed by atoms with Crippen molar-refractivity contribution in [3.63, 3.8) is 0 Å². The highest BCUT2D eigenvalue weighted by Crippen LogP contribution is 2.20. The third kappa shape index (κ3) is 6.23. The van der Waals surface area contributed by atoms with Gasteiger partial charge in [-0.05, 0) is 24.9 Å². The molecule has 4 nitrogen and oxygen atoms in total. The first-order valence-corrected chi connectivity index (χ1v) is 6.91. The van der Waals surface area contributed by atoms with Crippen molar-refractivity contribution in [1.82, 2.24) is 10.3 Å². The number of aromatic nitrogens is 1. The van der Waals surface area contributed by atoms with Crippen LogP contribution in [-0.4, -0.2) is 31.3 Å². The average molecular weight is 287 g/mol. The molecule has 0 aliphatic carbocycles. The fourth-order valence-electron chi connectivity index (χ4n) is 1.63. The molecule has 1 heterocycles. The fourth-order valence-corrected chi connectivity index (χ4v) is 1.80. The predicted octanol–water partition coefficient (Wildman–Crippen LogP) is 2.89. The monoisotopic (exact) mass is 286 g/mol. The number of methoxy groups -OCH3 is 1. The summed E-state index contributed by atoms with van der Waals surface area (Å²) in [6.07, 6.45) is 1.60. The van der Waals surface area contributed by atoms with Crippen molar-refractivity contribution in [2.24, 2.45) is 5.92 Å². The van der Waals surface area contributed by atoms with Crippen LogP contribution in [-0.2, 0) is 11.3 Å². The molecule has 19 heavy (non-hydrogen) atoms. The quantitative estimate of drug-likeness (QED) is 0.798. The molecule has 0 saturated heterocycles. The van der Waals surface area contributed by atoms with Crippen molar-refractivity contribution < 1.29 is 9.47 Å². The van der Waals surface area contributed by atoms with Gasteiger partial charge in [0.1, 0.15) is 6.10 Å². The van der Waals surface area contributed by atoms with Gasteiger partial charge in [-0.3, -0.25) is 0 Å². The lowest BCUT2D eigenvalue weighted by molar-refractivity contribution is 0.0889. The zero-order valence-corrected chi connectivity index (χ0v) is 12.8. The van der Waals surface area contributed by atoms with E-state index in [1.807, 2.05) is 13.0 Å². The Morgan fingerprint density at radius 1 is 1.37 bits per heavy atom. The molecule has 0 bridgehead atoms. The van der Waals surface area contributed by atoms with Gasteiger partial charge in [-0.2, -0.15) is 0 Å². The van der Waals surface area contributed by atoms with E-state index in [1.165, 1.54) is 0 Å². The topological polar surface area (TPSA) is 43.4 Å². The van der Waals surface area contributed by atoms with Crippen LogP contribution in [0.15, 0.2) is 12.3 Å². The van der Waals surface area contributed by atoms with Crippen LogP contribution in [0, 0.1) is 5.92 Å². The summed E-state index contributed by atoms with van der Waals surface area (Å²) in [5.41, 5.74) is 0.997. The number of rotatable bonds is 8. The Labute approximate surface area is 120 Å². The van der Waals surface area contributed by atoms with Gasteiger partial charge < -0.3 is 14.8 Å². The number of pyridine rings is 1. The van der Waals surface area contributed by atoms with Crippen LogP contribution in [0.25, 0.3) is 0 Å². The highest BCUT2D eigenvalue weighted by molar-refractivity contribution is 6.31. The van der Waals surface area contributed by atoms with Crippen molar-refractivity contribution in [2.75, 3.05) is 20.3 Å². The Morgan fingerprint density at radius 2 is 2.11 bits per heavy atom. The molecule has 1 aromatic heterocycles. The predicted molar refractivity (Wildman–Crippen MR) is 77.8 cm³/mol. The lowest BCUT2D eigenvalue weighted by Gasteiger charge is -2.14. The van der Waals surface area contributed by atoms with Gasteiger partial charge >= 0.3 is 0 Å². The normalized spacial score (nSPS) is 12.7. The molecule has 1 atom stereocenters. The first kappa shape index (κ1) is 16.2. The summed E-state index contributed by atoms with van der Waals surface area (Å²) in [5.74, 6) is 1.19. The Morgan fingerprint density at radius 3 is 2.74 bits per heavy atom. The van der Waals surface area contributed by atoms with Crippen molar-refractivity contribution >= 4 is 11.6 Å². The minimum atomic E-state index is -0.0323. The van der Waals surface area contributed by atoms with E-state index in [9.17, 15) is 0 Å². The van der Waals surface area contributed by atoms with Gasteiger partial charge in [0.2, 0.25) is 5.88 Å². The van der Waals surface area contributed by atoms with E-state index in [2.05, 4.69) is 24.1 Å². The molecule has 0 aliphatic heterocycles. The van der Waals surface area contributed by atoms with E-state index in [1.54, 1.807) is 13.3 Å². The third-order valence-electron chi connectivity index (χ3n) is 2.50. The molecule has 0 spiro atoms. The van der Waals surface area contributed by atoms with Crippen molar-refractivity contribution in [3.05, 3.63) is 22.8 Å². The summed E-state index contributed by atoms with van der Waals surface area (Å²) in [4.78, 5) is 4.17. The molecule has 0 fully saturated rings. The molecule has 0 aliphatic rings. The largest absolute Gasteiger partial charge is 0.472 e. The zero-order valence-electron chi connectivity index (χ0n) is 12.1. The number of nitrogens with zero attached hydrogens (tertiary/aromatic N) is 1. The Bertz CT molecular complexity index is 386. The van der Waals surface area contributed by atoms with E-state index in [4.69, 9.17) is 21.1 Å². The number of nitrogens with one attached hydrogen (secondary N) is 1. The third-order valence-corrected chi connectivity index (χ3v) is 2.84. The molecule has 0 radical (unpaired) electrons. The van der Waals surface area contributed by atoms with Crippen LogP contribution in [0.3, 0.4) is 0 Å². The molecular formula is C14H23ClN2O2. The van der Waals surface area contributed by atoms with Gasteiger partial charge in [0.05, 0.1) is 11.6 Å². The fraction of sp³-hybridized carbons (Fsp3) is 0.643. The van der Waals surface area contributed by atoms with Gasteiger partial charge in [0, 0.05) is 25.9 Å². The molecule has 0 saturated carbocycles. The second-order valence-electron chi connectivity index (χ2n) is 5.02. The highest BCUT2D eigenvalue weighted by Gasteiger charge is 2.08. The molecule has 1 aromatic rings. The van der Waals surface area contributed by atoms with E-state index in [0.29, 0.717) is 30.0 Å². The van der Waals surface area contributed by atoms with Gasteiger partial charge in [-0.25, -0.2) is 4.98 Å². The van der Waals surface area contributed by atoms with E-state index in [-0.39, 0.29) is 6.10 Å². The second-order valence-corrected chi connectivity index (χ2v) is 5.43. The molecular weight excluding hydrogens is 264 g/mol. The standard InChI is InChI=1S/C14H23ClN2O2/c1-10(2)6-16-7-12-5-14(17-8-13(12)15)19-11(3)9-18-4/h5,8,10-11,16H,6-7,9H2,1-4H3. The number of halogens is 1. The number of hydrogen-bond donors (Lipinski definition) is 1. The van der Waals surface area contributed by atoms with Gasteiger partial charge in [0.15, 0.2) is 0 Å². The molecule has 1 unspecified atom stereocenters. The lowest BCUT2D eigenvalue weighted by Crippen LogP contribution is -2.20. The molecule has 1 N–H and O–H groups in total.